The minimum absolute atomic E-state index is 0.937. The lowest BCUT2D eigenvalue weighted by atomic mass is 10.1. The highest BCUT2D eigenvalue weighted by molar-refractivity contribution is 14.2. The molecule has 13 heavy (non-hydrogen) atoms. The summed E-state index contributed by atoms with van der Waals surface area (Å²) in [5.74, 6) is 2.17. The Morgan fingerprint density at radius 3 is 2.54 bits per heavy atom. The van der Waals surface area contributed by atoms with Crippen LogP contribution in [0.25, 0.3) is 0 Å². The van der Waals surface area contributed by atoms with Crippen molar-refractivity contribution >= 4 is 30.1 Å². The second-order valence-electron chi connectivity index (χ2n) is 2.76. The van der Waals surface area contributed by atoms with Crippen LogP contribution in [-0.2, 0) is 6.42 Å². The molecule has 0 heterocycles. The number of halogens is 1. The highest BCUT2D eigenvalue weighted by atomic mass is 127. The second kappa shape index (κ2) is 6.54. The number of hydrogen-bond donors (Lipinski definition) is 0. The third-order valence-corrected chi connectivity index (χ3v) is 3.61. The van der Waals surface area contributed by atoms with Gasteiger partial charge in [-0.1, -0.05) is 21.1 Å². The highest BCUT2D eigenvalue weighted by Gasteiger charge is 1.94. The summed E-state index contributed by atoms with van der Waals surface area (Å²) in [6.07, 6.45) is 2.42. The van der Waals surface area contributed by atoms with E-state index in [0.29, 0.717) is 0 Å². The van der Waals surface area contributed by atoms with Crippen LogP contribution in [0.4, 0.5) is 0 Å². The number of hydrogen-bond acceptors (Lipinski definition) is 2. The molecular formula is C10H13IOS. The Balaban J connectivity index is 2.40. The third kappa shape index (κ3) is 4.22. The number of methoxy groups -OCH3 is 1. The first-order valence-corrected chi connectivity index (χ1v) is 7.76. The predicted molar refractivity (Wildman–Crippen MR) is 67.8 cm³/mol. The molecule has 0 amide bonds. The lowest BCUT2D eigenvalue weighted by Crippen LogP contribution is -1.87. The Bertz CT molecular complexity index is 235. The third-order valence-electron chi connectivity index (χ3n) is 1.85. The van der Waals surface area contributed by atoms with Gasteiger partial charge in [-0.15, -0.1) is 0 Å². The molecule has 0 saturated heterocycles. The van der Waals surface area contributed by atoms with Crippen LogP contribution in [0.3, 0.4) is 0 Å². The molecule has 1 aromatic rings. The van der Waals surface area contributed by atoms with Gasteiger partial charge in [-0.25, -0.2) is 0 Å². The van der Waals surface area contributed by atoms with E-state index in [-0.39, 0.29) is 0 Å². The molecule has 0 N–H and O–H groups in total. The second-order valence-corrected chi connectivity index (χ2v) is 5.26. The van der Waals surface area contributed by atoms with E-state index >= 15 is 0 Å². The molecule has 1 rings (SSSR count). The summed E-state index contributed by atoms with van der Waals surface area (Å²) in [5.41, 5.74) is 1.39. The number of aryl methyl sites for hydroxylation is 1. The van der Waals surface area contributed by atoms with E-state index in [9.17, 15) is 0 Å². The van der Waals surface area contributed by atoms with Gasteiger partial charge in [0.1, 0.15) is 5.75 Å². The average Bonchev–Trinajstić information content (AvgIpc) is 2.19. The van der Waals surface area contributed by atoms with Crippen molar-refractivity contribution in [1.29, 1.82) is 0 Å². The fraction of sp³-hybridized carbons (Fsp3) is 0.400. The Kier molecular flexibility index (Phi) is 5.62. The highest BCUT2D eigenvalue weighted by Crippen LogP contribution is 2.16. The molecule has 1 aromatic carbocycles. The molecule has 0 aliphatic carbocycles. The van der Waals surface area contributed by atoms with E-state index in [0.717, 1.165) is 5.75 Å². The zero-order chi connectivity index (χ0) is 9.52. The molecule has 0 bridgehead atoms. The number of ether oxygens (including phenoxy) is 1. The van der Waals surface area contributed by atoms with Crippen LogP contribution in [0.15, 0.2) is 24.3 Å². The van der Waals surface area contributed by atoms with Crippen molar-refractivity contribution in [3.63, 3.8) is 0 Å². The Morgan fingerprint density at radius 1 is 1.31 bits per heavy atom. The van der Waals surface area contributed by atoms with E-state index < -0.39 is 0 Å². The minimum atomic E-state index is 0.937. The van der Waals surface area contributed by atoms with Crippen LogP contribution < -0.4 is 4.74 Å². The SMILES string of the molecule is COc1ccc(CCCSI)cc1. The summed E-state index contributed by atoms with van der Waals surface area (Å²) in [6.45, 7) is 0. The van der Waals surface area contributed by atoms with Gasteiger partial charge in [-0.2, -0.15) is 0 Å². The lowest BCUT2D eigenvalue weighted by molar-refractivity contribution is 0.414. The quantitative estimate of drug-likeness (QED) is 0.606. The largest absolute Gasteiger partial charge is 0.497 e. The maximum Gasteiger partial charge on any atom is 0.118 e. The van der Waals surface area contributed by atoms with Crippen LogP contribution in [0, 0.1) is 0 Å². The first-order valence-electron chi connectivity index (χ1n) is 4.23. The van der Waals surface area contributed by atoms with Gasteiger partial charge in [0, 0.05) is 5.75 Å². The zero-order valence-corrected chi connectivity index (χ0v) is 10.6. The molecule has 0 aliphatic rings. The van der Waals surface area contributed by atoms with Crippen molar-refractivity contribution in [2.75, 3.05) is 12.9 Å². The van der Waals surface area contributed by atoms with Crippen molar-refractivity contribution in [3.8, 4) is 5.75 Å². The molecule has 0 aromatic heterocycles. The van der Waals surface area contributed by atoms with Crippen LogP contribution in [-0.4, -0.2) is 12.9 Å². The van der Waals surface area contributed by atoms with E-state index in [2.05, 4.69) is 33.3 Å². The topological polar surface area (TPSA) is 9.23 Å². The van der Waals surface area contributed by atoms with Gasteiger partial charge in [0.25, 0.3) is 0 Å². The van der Waals surface area contributed by atoms with E-state index in [1.54, 1.807) is 7.11 Å². The molecule has 0 saturated carbocycles. The molecule has 1 nitrogen and oxygen atoms in total. The van der Waals surface area contributed by atoms with Gasteiger partial charge in [0.2, 0.25) is 0 Å². The summed E-state index contributed by atoms with van der Waals surface area (Å²) >= 11 is 2.34. The maximum absolute atomic E-state index is 5.09. The van der Waals surface area contributed by atoms with Crippen molar-refractivity contribution < 1.29 is 4.74 Å². The van der Waals surface area contributed by atoms with Crippen LogP contribution in [0.1, 0.15) is 12.0 Å². The molecule has 0 spiro atoms. The number of rotatable bonds is 5. The average molecular weight is 308 g/mol. The molecule has 0 radical (unpaired) electrons. The summed E-state index contributed by atoms with van der Waals surface area (Å²) in [7, 11) is 3.57. The fourth-order valence-electron chi connectivity index (χ4n) is 1.12. The minimum Gasteiger partial charge on any atom is -0.497 e. The van der Waals surface area contributed by atoms with Crippen molar-refractivity contribution in [2.45, 2.75) is 12.8 Å². The molecule has 0 atom stereocenters. The Morgan fingerprint density at radius 2 is 2.00 bits per heavy atom. The van der Waals surface area contributed by atoms with E-state index in [1.165, 1.54) is 24.2 Å². The number of benzene rings is 1. The van der Waals surface area contributed by atoms with Gasteiger partial charge >= 0.3 is 0 Å². The van der Waals surface area contributed by atoms with Crippen molar-refractivity contribution in [2.24, 2.45) is 0 Å². The van der Waals surface area contributed by atoms with Crippen molar-refractivity contribution in [3.05, 3.63) is 29.8 Å². The molecule has 0 fully saturated rings. The summed E-state index contributed by atoms with van der Waals surface area (Å²) in [4.78, 5) is 0. The molecule has 3 heteroatoms. The van der Waals surface area contributed by atoms with Crippen molar-refractivity contribution in [1.82, 2.24) is 0 Å². The van der Waals surface area contributed by atoms with E-state index in [1.807, 2.05) is 21.1 Å². The summed E-state index contributed by atoms with van der Waals surface area (Å²) in [6, 6.07) is 8.31. The Hall–Kier alpha value is 0.1000. The monoisotopic (exact) mass is 308 g/mol. The smallest absolute Gasteiger partial charge is 0.118 e. The van der Waals surface area contributed by atoms with E-state index in [4.69, 9.17) is 4.74 Å². The molecule has 0 aliphatic heterocycles. The molecule has 72 valence electrons. The van der Waals surface area contributed by atoms with Gasteiger partial charge in [0.15, 0.2) is 0 Å². The summed E-state index contributed by atoms with van der Waals surface area (Å²) < 4.78 is 5.09. The maximum atomic E-state index is 5.09. The first-order chi connectivity index (χ1) is 6.36. The predicted octanol–water partition coefficient (Wildman–Crippen LogP) is 3.71. The van der Waals surface area contributed by atoms with Gasteiger partial charge < -0.3 is 4.74 Å². The van der Waals surface area contributed by atoms with Crippen LogP contribution >= 0.6 is 30.1 Å². The summed E-state index contributed by atoms with van der Waals surface area (Å²) in [5, 5.41) is 0. The van der Waals surface area contributed by atoms with Gasteiger partial charge in [-0.3, -0.25) is 0 Å². The van der Waals surface area contributed by atoms with Crippen LogP contribution in [0.5, 0.6) is 5.75 Å². The van der Waals surface area contributed by atoms with Crippen LogP contribution in [0.2, 0.25) is 0 Å². The zero-order valence-electron chi connectivity index (χ0n) is 7.63. The lowest BCUT2D eigenvalue weighted by Gasteiger charge is -2.02. The fourth-order valence-corrected chi connectivity index (χ4v) is 2.31. The first kappa shape index (κ1) is 11.2. The van der Waals surface area contributed by atoms with Gasteiger partial charge in [-0.05, 0) is 51.7 Å². The molecule has 0 unspecified atom stereocenters. The normalized spacial score (nSPS) is 10.0. The standard InChI is InChI=1S/C10H13IOS/c1-12-10-6-4-9(5-7-10)3-2-8-13-11/h4-7H,2-3,8H2,1H3. The Labute approximate surface area is 95.8 Å². The molecular weight excluding hydrogens is 295 g/mol. The van der Waals surface area contributed by atoms with Gasteiger partial charge in [0.05, 0.1) is 7.11 Å².